The molecule has 0 saturated heterocycles. The van der Waals surface area contributed by atoms with Gasteiger partial charge < -0.3 is 15.2 Å². The average Bonchev–Trinajstić information content (AvgIpc) is 2.52. The van der Waals surface area contributed by atoms with Crippen molar-refractivity contribution in [3.63, 3.8) is 0 Å². The second-order valence-electron chi connectivity index (χ2n) is 4.20. The van der Waals surface area contributed by atoms with Crippen LogP contribution in [0, 0.1) is 0 Å². The molecular formula is C15H18N2O2S. The van der Waals surface area contributed by atoms with Crippen molar-refractivity contribution in [3.05, 3.63) is 48.2 Å². The zero-order valence-electron chi connectivity index (χ0n) is 11.6. The summed E-state index contributed by atoms with van der Waals surface area (Å²) in [5, 5.41) is 0.975. The van der Waals surface area contributed by atoms with Crippen LogP contribution in [0.25, 0.3) is 0 Å². The molecule has 1 unspecified atom stereocenters. The first-order valence-corrected chi connectivity index (χ1v) is 7.24. The van der Waals surface area contributed by atoms with Crippen LogP contribution in [0.5, 0.6) is 11.5 Å². The monoisotopic (exact) mass is 290 g/mol. The quantitative estimate of drug-likeness (QED) is 0.829. The highest BCUT2D eigenvalue weighted by Crippen LogP contribution is 2.30. The molecule has 106 valence electrons. The highest BCUT2D eigenvalue weighted by atomic mass is 32.2. The molecule has 0 radical (unpaired) electrons. The summed E-state index contributed by atoms with van der Waals surface area (Å²) in [4.78, 5) is 4.27. The Hall–Kier alpha value is -1.72. The maximum absolute atomic E-state index is 6.21. The van der Waals surface area contributed by atoms with Crippen LogP contribution in [0.3, 0.4) is 0 Å². The summed E-state index contributed by atoms with van der Waals surface area (Å²) in [6.45, 7) is 0. The highest BCUT2D eigenvalue weighted by Gasteiger charge is 2.11. The molecule has 1 atom stereocenters. The van der Waals surface area contributed by atoms with Gasteiger partial charge in [0.05, 0.1) is 19.2 Å². The molecule has 0 saturated carbocycles. The number of rotatable bonds is 6. The van der Waals surface area contributed by atoms with Crippen LogP contribution in [-0.4, -0.2) is 25.0 Å². The van der Waals surface area contributed by atoms with Gasteiger partial charge in [-0.05, 0) is 29.8 Å². The molecule has 2 rings (SSSR count). The molecule has 1 heterocycles. The van der Waals surface area contributed by atoms with Gasteiger partial charge in [-0.3, -0.25) is 0 Å². The number of hydrogen-bond acceptors (Lipinski definition) is 5. The number of aromatic nitrogens is 1. The number of ether oxygens (including phenoxy) is 2. The number of nitrogens with two attached hydrogens (primary N) is 1. The fraction of sp³-hybridized carbons (Fsp3) is 0.267. The van der Waals surface area contributed by atoms with Crippen LogP contribution >= 0.6 is 11.8 Å². The fourth-order valence-corrected chi connectivity index (χ4v) is 2.64. The second-order valence-corrected chi connectivity index (χ2v) is 5.24. The Balaban J connectivity index is 2.03. The van der Waals surface area contributed by atoms with E-state index in [0.717, 1.165) is 16.3 Å². The van der Waals surface area contributed by atoms with Gasteiger partial charge in [-0.2, -0.15) is 0 Å². The van der Waals surface area contributed by atoms with E-state index in [0.29, 0.717) is 11.5 Å². The van der Waals surface area contributed by atoms with E-state index in [4.69, 9.17) is 15.2 Å². The Labute approximate surface area is 123 Å². The van der Waals surface area contributed by atoms with Gasteiger partial charge in [-0.15, -0.1) is 11.8 Å². The van der Waals surface area contributed by atoms with E-state index in [2.05, 4.69) is 4.98 Å². The van der Waals surface area contributed by atoms with Crippen molar-refractivity contribution >= 4 is 11.8 Å². The molecule has 0 bridgehead atoms. The Morgan fingerprint density at radius 1 is 1.15 bits per heavy atom. The molecule has 0 spiro atoms. The van der Waals surface area contributed by atoms with E-state index in [1.807, 2.05) is 36.4 Å². The van der Waals surface area contributed by atoms with Crippen LogP contribution < -0.4 is 15.2 Å². The maximum Gasteiger partial charge on any atom is 0.161 e. The Morgan fingerprint density at radius 3 is 2.60 bits per heavy atom. The zero-order chi connectivity index (χ0) is 14.4. The minimum absolute atomic E-state index is 0.0817. The van der Waals surface area contributed by atoms with E-state index in [1.165, 1.54) is 0 Å². The van der Waals surface area contributed by atoms with Gasteiger partial charge in [-0.25, -0.2) is 4.98 Å². The van der Waals surface area contributed by atoms with Crippen molar-refractivity contribution in [2.24, 2.45) is 5.73 Å². The minimum Gasteiger partial charge on any atom is -0.493 e. The molecule has 0 aliphatic rings. The van der Waals surface area contributed by atoms with E-state index < -0.39 is 0 Å². The van der Waals surface area contributed by atoms with Gasteiger partial charge in [-0.1, -0.05) is 12.1 Å². The van der Waals surface area contributed by atoms with Crippen molar-refractivity contribution in [2.75, 3.05) is 20.0 Å². The normalized spacial score (nSPS) is 11.9. The molecule has 2 aromatic rings. The first-order valence-electron chi connectivity index (χ1n) is 6.26. The molecule has 0 aliphatic heterocycles. The fourth-order valence-electron chi connectivity index (χ4n) is 1.79. The number of pyridine rings is 1. The van der Waals surface area contributed by atoms with Crippen molar-refractivity contribution < 1.29 is 9.47 Å². The lowest BCUT2D eigenvalue weighted by molar-refractivity contribution is 0.354. The summed E-state index contributed by atoms with van der Waals surface area (Å²) in [5.41, 5.74) is 7.23. The van der Waals surface area contributed by atoms with Crippen LogP contribution in [0.15, 0.2) is 47.6 Å². The number of benzene rings is 1. The van der Waals surface area contributed by atoms with E-state index in [-0.39, 0.29) is 6.04 Å². The molecule has 1 aromatic heterocycles. The number of nitrogens with zero attached hydrogens (tertiary/aromatic N) is 1. The number of thioether (sulfide) groups is 1. The summed E-state index contributed by atoms with van der Waals surface area (Å²) >= 11 is 1.64. The van der Waals surface area contributed by atoms with E-state index in [9.17, 15) is 0 Å². The van der Waals surface area contributed by atoms with Gasteiger partial charge >= 0.3 is 0 Å². The van der Waals surface area contributed by atoms with Gasteiger partial charge in [0.2, 0.25) is 0 Å². The Bertz CT molecular complexity index is 549. The largest absolute Gasteiger partial charge is 0.493 e. The van der Waals surface area contributed by atoms with E-state index in [1.54, 1.807) is 32.2 Å². The zero-order valence-corrected chi connectivity index (χ0v) is 12.4. The molecule has 5 heteroatoms. The molecular weight excluding hydrogens is 272 g/mol. The van der Waals surface area contributed by atoms with Crippen molar-refractivity contribution in [3.8, 4) is 11.5 Å². The third kappa shape index (κ3) is 3.65. The second kappa shape index (κ2) is 7.17. The molecule has 1 aromatic carbocycles. The van der Waals surface area contributed by atoms with Crippen molar-refractivity contribution in [1.82, 2.24) is 4.98 Å². The van der Waals surface area contributed by atoms with Crippen molar-refractivity contribution in [2.45, 2.75) is 11.1 Å². The lowest BCUT2D eigenvalue weighted by Gasteiger charge is -2.14. The Kier molecular flexibility index (Phi) is 5.26. The van der Waals surface area contributed by atoms with Crippen LogP contribution in [0.2, 0.25) is 0 Å². The van der Waals surface area contributed by atoms with E-state index >= 15 is 0 Å². The average molecular weight is 290 g/mol. The van der Waals surface area contributed by atoms with Crippen molar-refractivity contribution in [1.29, 1.82) is 0 Å². The lowest BCUT2D eigenvalue weighted by Crippen LogP contribution is -2.13. The van der Waals surface area contributed by atoms with Gasteiger partial charge in [0, 0.05) is 18.0 Å². The molecule has 0 fully saturated rings. The third-order valence-electron chi connectivity index (χ3n) is 2.88. The molecule has 2 N–H and O–H groups in total. The number of methoxy groups -OCH3 is 2. The predicted octanol–water partition coefficient (Wildman–Crippen LogP) is 2.89. The van der Waals surface area contributed by atoms with Gasteiger partial charge in [0.1, 0.15) is 0 Å². The lowest BCUT2D eigenvalue weighted by atomic mass is 10.1. The highest BCUT2D eigenvalue weighted by molar-refractivity contribution is 7.99. The number of hydrogen-bond donors (Lipinski definition) is 1. The van der Waals surface area contributed by atoms with Gasteiger partial charge in [0.15, 0.2) is 11.5 Å². The van der Waals surface area contributed by atoms with Crippen LogP contribution in [0.4, 0.5) is 0 Å². The molecule has 0 aliphatic carbocycles. The van der Waals surface area contributed by atoms with Crippen LogP contribution in [-0.2, 0) is 0 Å². The standard InChI is InChI=1S/C15H18N2O2S/c1-18-13-7-6-11(9-14(13)19-2)12(16)10-20-15-5-3-4-8-17-15/h3-9,12H,10,16H2,1-2H3. The van der Waals surface area contributed by atoms with Crippen LogP contribution in [0.1, 0.15) is 11.6 Å². The molecule has 20 heavy (non-hydrogen) atoms. The minimum atomic E-state index is -0.0817. The molecule has 4 nitrogen and oxygen atoms in total. The van der Waals surface area contributed by atoms with Gasteiger partial charge in [0.25, 0.3) is 0 Å². The summed E-state index contributed by atoms with van der Waals surface area (Å²) in [7, 11) is 3.24. The first-order chi connectivity index (χ1) is 9.74. The topological polar surface area (TPSA) is 57.4 Å². The summed E-state index contributed by atoms with van der Waals surface area (Å²) in [5.74, 6) is 2.16. The maximum atomic E-state index is 6.21. The first kappa shape index (κ1) is 14.7. The molecule has 0 amide bonds. The summed E-state index contributed by atoms with van der Waals surface area (Å²) < 4.78 is 10.5. The summed E-state index contributed by atoms with van der Waals surface area (Å²) in [6, 6.07) is 11.5. The third-order valence-corrected chi connectivity index (χ3v) is 3.95. The SMILES string of the molecule is COc1ccc(C(N)CSc2ccccn2)cc1OC. The predicted molar refractivity (Wildman–Crippen MR) is 81.4 cm³/mol. The Morgan fingerprint density at radius 2 is 1.95 bits per heavy atom. The summed E-state index contributed by atoms with van der Waals surface area (Å²) in [6.07, 6.45) is 1.78. The smallest absolute Gasteiger partial charge is 0.161 e.